The molecule has 0 N–H and O–H groups in total. The molecule has 0 amide bonds. The standard InChI is InChI=1S/C29H27N3O3/c1-3-34-28(33)20-10-7-11-23(14-20)29-15-22-17-31-35-25(22)18(2)24(29)13-12-21-16-30-27(32-26(21)29)19-8-5-4-6-9-19/h4-11,14,16-18,24H,3,12-13,15H2,1-2H3/t18-,24-,29+/m0/s1. The molecule has 4 aromatic rings. The number of nitrogens with zero attached hydrogens (tertiary/aromatic N) is 3. The highest BCUT2D eigenvalue weighted by atomic mass is 16.5. The highest BCUT2D eigenvalue weighted by Gasteiger charge is 2.54. The first-order valence-electron chi connectivity index (χ1n) is 12.2. The van der Waals surface area contributed by atoms with Crippen LogP contribution in [0.5, 0.6) is 0 Å². The molecule has 0 unspecified atom stereocenters. The Bertz CT molecular complexity index is 1400. The molecule has 0 bridgehead atoms. The zero-order valence-electron chi connectivity index (χ0n) is 19.9. The summed E-state index contributed by atoms with van der Waals surface area (Å²) in [5.41, 5.74) is 5.50. The van der Waals surface area contributed by atoms with Gasteiger partial charge in [-0.15, -0.1) is 0 Å². The number of esters is 1. The summed E-state index contributed by atoms with van der Waals surface area (Å²) >= 11 is 0. The molecule has 0 fully saturated rings. The van der Waals surface area contributed by atoms with Crippen molar-refractivity contribution in [2.45, 2.75) is 44.4 Å². The van der Waals surface area contributed by atoms with Gasteiger partial charge in [0.2, 0.25) is 0 Å². The molecule has 0 spiro atoms. The highest BCUT2D eigenvalue weighted by molar-refractivity contribution is 5.89. The SMILES string of the molecule is CCOC(=O)c1cccc([C@]23Cc4cnoc4[C@@H](C)[C@@H]2CCc2cnc(-c4ccccc4)nc23)c1. The third-order valence-electron chi connectivity index (χ3n) is 7.73. The minimum Gasteiger partial charge on any atom is -0.462 e. The van der Waals surface area contributed by atoms with E-state index in [9.17, 15) is 4.79 Å². The largest absolute Gasteiger partial charge is 0.462 e. The van der Waals surface area contributed by atoms with Crippen molar-refractivity contribution in [3.63, 3.8) is 0 Å². The van der Waals surface area contributed by atoms with Gasteiger partial charge < -0.3 is 9.26 Å². The van der Waals surface area contributed by atoms with E-state index in [1.165, 1.54) is 0 Å². The van der Waals surface area contributed by atoms with Gasteiger partial charge in [-0.2, -0.15) is 0 Å². The molecule has 0 saturated carbocycles. The maximum Gasteiger partial charge on any atom is 0.338 e. The Morgan fingerprint density at radius 3 is 2.80 bits per heavy atom. The number of carbonyl (C=O) groups is 1. The zero-order valence-corrected chi connectivity index (χ0v) is 19.9. The van der Waals surface area contributed by atoms with E-state index in [4.69, 9.17) is 19.2 Å². The lowest BCUT2D eigenvalue weighted by Crippen LogP contribution is -2.48. The zero-order chi connectivity index (χ0) is 24.0. The Hall–Kier alpha value is -3.80. The monoisotopic (exact) mass is 465 g/mol. The van der Waals surface area contributed by atoms with Crippen molar-refractivity contribution in [3.05, 3.63) is 101 Å². The van der Waals surface area contributed by atoms with Crippen molar-refractivity contribution in [3.8, 4) is 11.4 Å². The minimum absolute atomic E-state index is 0.163. The first-order valence-corrected chi connectivity index (χ1v) is 12.2. The molecule has 35 heavy (non-hydrogen) atoms. The molecule has 3 atom stereocenters. The van der Waals surface area contributed by atoms with Gasteiger partial charge >= 0.3 is 5.97 Å². The number of ether oxygens (including phenoxy) is 1. The second-order valence-electron chi connectivity index (χ2n) is 9.53. The summed E-state index contributed by atoms with van der Waals surface area (Å²) in [6.07, 6.45) is 6.43. The maximum absolute atomic E-state index is 12.7. The summed E-state index contributed by atoms with van der Waals surface area (Å²) < 4.78 is 11.0. The Morgan fingerprint density at radius 1 is 1.11 bits per heavy atom. The average molecular weight is 466 g/mol. The van der Waals surface area contributed by atoms with Crippen LogP contribution >= 0.6 is 0 Å². The number of hydrogen-bond donors (Lipinski definition) is 0. The molecule has 2 aliphatic carbocycles. The fourth-order valence-electron chi connectivity index (χ4n) is 6.18. The van der Waals surface area contributed by atoms with Crippen molar-refractivity contribution in [1.29, 1.82) is 0 Å². The molecule has 6 rings (SSSR count). The van der Waals surface area contributed by atoms with Crippen LogP contribution in [0.15, 0.2) is 71.5 Å². The van der Waals surface area contributed by atoms with Crippen molar-refractivity contribution < 1.29 is 14.1 Å². The van der Waals surface area contributed by atoms with Crippen LogP contribution in [0.3, 0.4) is 0 Å². The first kappa shape index (κ1) is 21.7. The van der Waals surface area contributed by atoms with E-state index in [-0.39, 0.29) is 17.8 Å². The van der Waals surface area contributed by atoms with Crippen LogP contribution < -0.4 is 0 Å². The normalized spacial score (nSPS) is 22.6. The molecular formula is C29H27N3O3. The predicted molar refractivity (Wildman–Crippen MR) is 131 cm³/mol. The van der Waals surface area contributed by atoms with E-state index < -0.39 is 5.41 Å². The quantitative estimate of drug-likeness (QED) is 0.370. The number of carbonyl (C=O) groups excluding carboxylic acids is 1. The Labute approximate surface area is 204 Å². The van der Waals surface area contributed by atoms with Crippen molar-refractivity contribution in [1.82, 2.24) is 15.1 Å². The summed E-state index contributed by atoms with van der Waals surface area (Å²) in [7, 11) is 0. The Balaban J connectivity index is 1.60. The van der Waals surface area contributed by atoms with Crippen molar-refractivity contribution in [2.75, 3.05) is 6.61 Å². The van der Waals surface area contributed by atoms with Crippen molar-refractivity contribution in [2.24, 2.45) is 5.92 Å². The average Bonchev–Trinajstić information content (AvgIpc) is 3.38. The van der Waals surface area contributed by atoms with Crippen LogP contribution in [-0.4, -0.2) is 27.7 Å². The third-order valence-corrected chi connectivity index (χ3v) is 7.73. The maximum atomic E-state index is 12.7. The van der Waals surface area contributed by atoms with Crippen LogP contribution in [0.25, 0.3) is 11.4 Å². The van der Waals surface area contributed by atoms with Gasteiger partial charge in [-0.3, -0.25) is 0 Å². The summed E-state index contributed by atoms with van der Waals surface area (Å²) in [6, 6.07) is 18.0. The van der Waals surface area contributed by atoms with E-state index in [2.05, 4.69) is 18.1 Å². The van der Waals surface area contributed by atoms with E-state index in [1.807, 2.05) is 67.8 Å². The molecule has 0 aliphatic heterocycles. The van der Waals surface area contributed by atoms with Gasteiger partial charge in [-0.1, -0.05) is 54.5 Å². The number of benzene rings is 2. The molecule has 0 saturated heterocycles. The van der Waals surface area contributed by atoms with Gasteiger partial charge in [0.05, 0.1) is 24.1 Å². The number of aryl methyl sites for hydroxylation is 1. The summed E-state index contributed by atoms with van der Waals surface area (Å²) in [5.74, 6) is 1.78. The summed E-state index contributed by atoms with van der Waals surface area (Å²) in [6.45, 7) is 4.39. The van der Waals surface area contributed by atoms with Crippen LogP contribution in [0.2, 0.25) is 0 Å². The lowest BCUT2D eigenvalue weighted by atomic mass is 9.53. The topological polar surface area (TPSA) is 78.1 Å². The van der Waals surface area contributed by atoms with Crippen LogP contribution in [-0.2, 0) is 23.0 Å². The summed E-state index contributed by atoms with van der Waals surface area (Å²) in [5, 5.41) is 4.15. The van der Waals surface area contributed by atoms with E-state index in [0.29, 0.717) is 18.6 Å². The number of rotatable bonds is 4. The fraction of sp³-hybridized carbons (Fsp3) is 0.310. The van der Waals surface area contributed by atoms with Crippen molar-refractivity contribution >= 4 is 5.97 Å². The van der Waals surface area contributed by atoms with E-state index in [0.717, 1.165) is 52.4 Å². The highest BCUT2D eigenvalue weighted by Crippen LogP contribution is 2.56. The van der Waals surface area contributed by atoms with Gasteiger partial charge in [0.1, 0.15) is 5.76 Å². The van der Waals surface area contributed by atoms with E-state index >= 15 is 0 Å². The molecule has 6 heteroatoms. The molecule has 2 aliphatic rings. The number of hydrogen-bond acceptors (Lipinski definition) is 6. The second-order valence-corrected chi connectivity index (χ2v) is 9.53. The third kappa shape index (κ3) is 3.39. The fourth-order valence-corrected chi connectivity index (χ4v) is 6.18. The molecule has 176 valence electrons. The lowest BCUT2D eigenvalue weighted by Gasteiger charge is -2.49. The first-order chi connectivity index (χ1) is 17.1. The molecular weight excluding hydrogens is 438 g/mol. The lowest BCUT2D eigenvalue weighted by molar-refractivity contribution is 0.0526. The smallest absolute Gasteiger partial charge is 0.338 e. The Kier molecular flexibility index (Phi) is 5.24. The molecule has 2 aromatic heterocycles. The summed E-state index contributed by atoms with van der Waals surface area (Å²) in [4.78, 5) is 22.6. The van der Waals surface area contributed by atoms with Gasteiger partial charge in [0, 0.05) is 28.7 Å². The molecule has 6 nitrogen and oxygen atoms in total. The van der Waals surface area contributed by atoms with Gasteiger partial charge in [0.15, 0.2) is 5.82 Å². The van der Waals surface area contributed by atoms with Crippen LogP contribution in [0, 0.1) is 5.92 Å². The number of aromatic nitrogens is 3. The van der Waals surface area contributed by atoms with Crippen LogP contribution in [0.1, 0.15) is 64.7 Å². The molecule has 2 heterocycles. The van der Waals surface area contributed by atoms with Gasteiger partial charge in [-0.25, -0.2) is 14.8 Å². The van der Waals surface area contributed by atoms with Crippen LogP contribution in [0.4, 0.5) is 0 Å². The molecule has 2 aromatic carbocycles. The number of fused-ring (bicyclic) bond motifs is 4. The predicted octanol–water partition coefficient (Wildman–Crippen LogP) is 5.52. The Morgan fingerprint density at radius 2 is 1.97 bits per heavy atom. The van der Waals surface area contributed by atoms with Gasteiger partial charge in [-0.05, 0) is 55.4 Å². The van der Waals surface area contributed by atoms with E-state index in [1.54, 1.807) is 0 Å². The minimum atomic E-state index is -0.430. The molecule has 0 radical (unpaired) electrons. The second kappa shape index (κ2) is 8.45. The van der Waals surface area contributed by atoms with Gasteiger partial charge in [0.25, 0.3) is 0 Å².